The predicted molar refractivity (Wildman–Crippen MR) is 121 cm³/mol. The number of carbonyl (C=O) groups is 1. The quantitative estimate of drug-likeness (QED) is 0.491. The minimum atomic E-state index is -0.718. The number of amides is 1. The summed E-state index contributed by atoms with van der Waals surface area (Å²) in [6.45, 7) is 5.48. The first-order valence-electron chi connectivity index (χ1n) is 9.28. The third kappa shape index (κ3) is 4.09. The van der Waals surface area contributed by atoms with E-state index >= 15 is 0 Å². The fraction of sp³-hybridized carbons (Fsp3) is 0.318. The van der Waals surface area contributed by atoms with E-state index in [1.165, 1.54) is 0 Å². The fourth-order valence-electron chi connectivity index (χ4n) is 3.15. The molecule has 1 amide bonds. The van der Waals surface area contributed by atoms with E-state index in [-0.39, 0.29) is 17.3 Å². The monoisotopic (exact) mass is 475 g/mol. The van der Waals surface area contributed by atoms with Crippen LogP contribution in [0.15, 0.2) is 57.8 Å². The molecule has 29 heavy (non-hydrogen) atoms. The van der Waals surface area contributed by atoms with Crippen LogP contribution in [0.25, 0.3) is 16.6 Å². The highest BCUT2D eigenvalue weighted by atomic mass is 79.9. The summed E-state index contributed by atoms with van der Waals surface area (Å²) in [6, 6.07) is 14.2. The summed E-state index contributed by atoms with van der Waals surface area (Å²) < 4.78 is 2.49. The van der Waals surface area contributed by atoms with Crippen molar-refractivity contribution in [3.05, 3.63) is 69.2 Å². The Balaban J connectivity index is 2.23. The molecule has 0 spiro atoms. The predicted octanol–water partition coefficient (Wildman–Crippen LogP) is 4.93. The molecule has 0 radical (unpaired) electrons. The van der Waals surface area contributed by atoms with Crippen LogP contribution in [0.3, 0.4) is 0 Å². The van der Waals surface area contributed by atoms with Crippen molar-refractivity contribution in [3.8, 4) is 5.69 Å². The molecule has 0 bridgehead atoms. The van der Waals surface area contributed by atoms with Gasteiger partial charge in [-0.1, -0.05) is 28.1 Å². The van der Waals surface area contributed by atoms with Gasteiger partial charge in [0.1, 0.15) is 5.82 Å². The van der Waals surface area contributed by atoms with Gasteiger partial charge in [0.05, 0.1) is 28.0 Å². The van der Waals surface area contributed by atoms with E-state index in [1.807, 2.05) is 49.4 Å². The highest BCUT2D eigenvalue weighted by Gasteiger charge is 2.33. The molecular formula is C22H23BrClN3O2. The highest BCUT2D eigenvalue weighted by Crippen LogP contribution is 2.27. The molecule has 1 atom stereocenters. The molecule has 5 nitrogen and oxygen atoms in total. The second kappa shape index (κ2) is 8.28. The van der Waals surface area contributed by atoms with E-state index in [9.17, 15) is 9.59 Å². The molecule has 0 fully saturated rings. The van der Waals surface area contributed by atoms with Gasteiger partial charge in [-0.3, -0.25) is 14.2 Å². The average molecular weight is 477 g/mol. The number of hydrogen-bond acceptors (Lipinski definition) is 3. The van der Waals surface area contributed by atoms with Crippen molar-refractivity contribution >= 4 is 44.3 Å². The Morgan fingerprint density at radius 3 is 2.45 bits per heavy atom. The fourth-order valence-corrected chi connectivity index (χ4v) is 3.53. The van der Waals surface area contributed by atoms with Crippen LogP contribution in [0.1, 0.15) is 32.6 Å². The van der Waals surface area contributed by atoms with Crippen LogP contribution in [0.2, 0.25) is 0 Å². The van der Waals surface area contributed by atoms with Gasteiger partial charge in [-0.25, -0.2) is 4.98 Å². The number of hydrogen-bond donors (Lipinski definition) is 0. The third-order valence-electron chi connectivity index (χ3n) is 5.07. The Bertz CT molecular complexity index is 1110. The van der Waals surface area contributed by atoms with Gasteiger partial charge in [0.2, 0.25) is 5.91 Å². The van der Waals surface area contributed by atoms with Crippen LogP contribution < -0.4 is 5.56 Å². The summed E-state index contributed by atoms with van der Waals surface area (Å²) in [5, 5.41) is 0.529. The van der Waals surface area contributed by atoms with Gasteiger partial charge in [-0.05, 0) is 57.2 Å². The lowest BCUT2D eigenvalue weighted by atomic mass is 9.94. The van der Waals surface area contributed by atoms with Crippen LogP contribution in [-0.4, -0.2) is 33.3 Å². The van der Waals surface area contributed by atoms with Gasteiger partial charge >= 0.3 is 0 Å². The normalized spacial score (nSPS) is 12.8. The summed E-state index contributed by atoms with van der Waals surface area (Å²) in [5.41, 5.74) is 0.405. The first-order valence-corrected chi connectivity index (χ1v) is 10.6. The molecule has 2 aromatic carbocycles. The number of carbonyl (C=O) groups excluding carboxylic acids is 1. The van der Waals surface area contributed by atoms with E-state index in [2.05, 4.69) is 15.9 Å². The average Bonchev–Trinajstić information content (AvgIpc) is 2.73. The van der Waals surface area contributed by atoms with Crippen molar-refractivity contribution in [2.24, 2.45) is 5.41 Å². The number of halogens is 2. The number of aromatic nitrogens is 2. The zero-order valence-corrected chi connectivity index (χ0v) is 19.2. The van der Waals surface area contributed by atoms with Crippen molar-refractivity contribution in [2.75, 3.05) is 12.9 Å². The Morgan fingerprint density at radius 2 is 1.83 bits per heavy atom. The highest BCUT2D eigenvalue weighted by molar-refractivity contribution is 9.10. The van der Waals surface area contributed by atoms with E-state index < -0.39 is 11.5 Å². The number of fused-ring (bicyclic) bond motifs is 1. The van der Waals surface area contributed by atoms with E-state index in [4.69, 9.17) is 16.6 Å². The molecule has 7 heteroatoms. The van der Waals surface area contributed by atoms with Gasteiger partial charge in [-0.15, -0.1) is 11.6 Å². The maximum Gasteiger partial charge on any atom is 0.266 e. The molecule has 0 saturated heterocycles. The van der Waals surface area contributed by atoms with Gasteiger partial charge in [-0.2, -0.15) is 0 Å². The van der Waals surface area contributed by atoms with Crippen molar-refractivity contribution < 1.29 is 4.79 Å². The van der Waals surface area contributed by atoms with Crippen LogP contribution in [0.5, 0.6) is 0 Å². The zero-order chi connectivity index (χ0) is 21.3. The Kier molecular flexibility index (Phi) is 6.15. The molecule has 0 saturated carbocycles. The number of rotatable bonds is 5. The van der Waals surface area contributed by atoms with Gasteiger partial charge in [0.25, 0.3) is 5.56 Å². The van der Waals surface area contributed by atoms with Crippen molar-refractivity contribution in [2.45, 2.75) is 26.8 Å². The van der Waals surface area contributed by atoms with Crippen molar-refractivity contribution in [3.63, 3.8) is 0 Å². The second-order valence-electron chi connectivity index (χ2n) is 7.71. The van der Waals surface area contributed by atoms with Gasteiger partial charge < -0.3 is 4.90 Å². The minimum absolute atomic E-state index is 0.107. The topological polar surface area (TPSA) is 55.2 Å². The molecule has 0 aliphatic carbocycles. The lowest BCUT2D eigenvalue weighted by Crippen LogP contribution is -2.42. The number of alkyl halides is 1. The molecule has 152 valence electrons. The Morgan fingerprint density at radius 1 is 1.21 bits per heavy atom. The minimum Gasteiger partial charge on any atom is -0.335 e. The van der Waals surface area contributed by atoms with E-state index in [1.54, 1.807) is 36.4 Å². The van der Waals surface area contributed by atoms with E-state index in [0.717, 1.165) is 4.47 Å². The largest absolute Gasteiger partial charge is 0.335 e. The maximum atomic E-state index is 13.4. The molecule has 0 aliphatic heterocycles. The lowest BCUT2D eigenvalue weighted by Gasteiger charge is -2.32. The Labute approximate surface area is 183 Å². The van der Waals surface area contributed by atoms with Gasteiger partial charge in [0, 0.05) is 17.4 Å². The van der Waals surface area contributed by atoms with E-state index in [0.29, 0.717) is 22.4 Å². The first-order chi connectivity index (χ1) is 13.7. The summed E-state index contributed by atoms with van der Waals surface area (Å²) >= 11 is 9.43. The summed E-state index contributed by atoms with van der Waals surface area (Å²) in [7, 11) is 1.72. The van der Waals surface area contributed by atoms with Crippen LogP contribution >= 0.6 is 27.5 Å². The molecular weight excluding hydrogens is 454 g/mol. The van der Waals surface area contributed by atoms with Crippen LogP contribution in [-0.2, 0) is 4.79 Å². The molecule has 1 aromatic heterocycles. The smallest absolute Gasteiger partial charge is 0.266 e. The number of benzene rings is 2. The maximum absolute atomic E-state index is 13.4. The molecule has 3 rings (SSSR count). The van der Waals surface area contributed by atoms with Crippen molar-refractivity contribution in [1.29, 1.82) is 0 Å². The van der Waals surface area contributed by atoms with Gasteiger partial charge in [0.15, 0.2) is 0 Å². The molecule has 0 N–H and O–H groups in total. The number of para-hydroxylation sites is 1. The standard InChI is InChI=1S/C22H23BrClN3O2/c1-14(26(4)21(29)22(2,3)13-24)19-25-18-8-6-5-7-17(18)20(28)27(19)16-11-9-15(23)10-12-16/h5-12,14H,13H2,1-4H3. The van der Waals surface area contributed by atoms with Crippen LogP contribution in [0.4, 0.5) is 0 Å². The first kappa shape index (κ1) is 21.5. The second-order valence-corrected chi connectivity index (χ2v) is 8.90. The molecule has 0 aliphatic rings. The molecule has 3 aromatic rings. The summed E-state index contributed by atoms with van der Waals surface area (Å²) in [4.78, 5) is 32.7. The summed E-state index contributed by atoms with van der Waals surface area (Å²) in [5.74, 6) is 0.593. The lowest BCUT2D eigenvalue weighted by molar-refractivity contribution is -0.140. The van der Waals surface area contributed by atoms with Crippen LogP contribution in [0, 0.1) is 5.41 Å². The third-order valence-corrected chi connectivity index (χ3v) is 6.27. The molecule has 1 unspecified atom stereocenters. The number of nitrogens with zero attached hydrogens (tertiary/aromatic N) is 3. The zero-order valence-electron chi connectivity index (χ0n) is 16.8. The molecule has 1 heterocycles. The summed E-state index contributed by atoms with van der Waals surface area (Å²) in [6.07, 6.45) is 0. The SMILES string of the molecule is CC(c1nc2ccccc2c(=O)n1-c1ccc(Br)cc1)N(C)C(=O)C(C)(C)CCl. The van der Waals surface area contributed by atoms with Crippen molar-refractivity contribution in [1.82, 2.24) is 14.5 Å². The Hall–Kier alpha value is -2.18.